The Kier molecular flexibility index (Phi) is 3.83. The molecular weight excluding hydrogens is 196 g/mol. The molecule has 1 rings (SSSR count). The summed E-state index contributed by atoms with van der Waals surface area (Å²) in [5.74, 6) is 3.45. The van der Waals surface area contributed by atoms with Crippen LogP contribution in [0.1, 0.15) is 18.1 Å². The monoisotopic (exact) mass is 204 g/mol. The fourth-order valence-electron chi connectivity index (χ4n) is 1.16. The molecule has 0 fully saturated rings. The summed E-state index contributed by atoms with van der Waals surface area (Å²) in [5.41, 5.74) is 0.505. The molecule has 75 valence electrons. The van der Waals surface area contributed by atoms with E-state index in [-0.39, 0.29) is 5.56 Å². The zero-order valence-electron chi connectivity index (χ0n) is 8.14. The van der Waals surface area contributed by atoms with Crippen molar-refractivity contribution in [3.63, 3.8) is 0 Å². The SMILES string of the molecule is CC#CCc1ccc(F)c(F)c1[CH]C#N. The first-order valence-electron chi connectivity index (χ1n) is 4.30. The standard InChI is InChI=1S/C12H8F2N/c1-2-3-4-9-5-6-11(13)12(14)10(9)7-8-15/h5-7H,4H2,1H3. The molecule has 3 heteroatoms. The molecule has 1 aromatic rings. The predicted octanol–water partition coefficient (Wildman–Crippen LogP) is 2.61. The number of nitriles is 1. The van der Waals surface area contributed by atoms with E-state index in [9.17, 15) is 8.78 Å². The maximum absolute atomic E-state index is 13.3. The largest absolute Gasteiger partial charge is 0.204 e. The van der Waals surface area contributed by atoms with E-state index in [0.29, 0.717) is 12.0 Å². The highest BCUT2D eigenvalue weighted by Crippen LogP contribution is 2.18. The van der Waals surface area contributed by atoms with Crippen LogP contribution < -0.4 is 0 Å². The van der Waals surface area contributed by atoms with Gasteiger partial charge in [0, 0.05) is 12.0 Å². The van der Waals surface area contributed by atoms with Crippen LogP contribution in [0.5, 0.6) is 0 Å². The Labute approximate surface area is 87.3 Å². The molecule has 0 aliphatic carbocycles. The second-order valence-corrected chi connectivity index (χ2v) is 2.81. The molecule has 15 heavy (non-hydrogen) atoms. The summed E-state index contributed by atoms with van der Waals surface area (Å²) in [7, 11) is 0. The average molecular weight is 204 g/mol. The number of hydrogen-bond donors (Lipinski definition) is 0. The third-order valence-electron chi connectivity index (χ3n) is 1.89. The van der Waals surface area contributed by atoms with Crippen LogP contribution in [-0.4, -0.2) is 0 Å². The van der Waals surface area contributed by atoms with Gasteiger partial charge in [-0.3, -0.25) is 0 Å². The first-order valence-corrected chi connectivity index (χ1v) is 4.30. The minimum atomic E-state index is -0.994. The Morgan fingerprint density at radius 1 is 1.40 bits per heavy atom. The molecule has 0 saturated heterocycles. The third-order valence-corrected chi connectivity index (χ3v) is 1.89. The predicted molar refractivity (Wildman–Crippen MR) is 52.5 cm³/mol. The second kappa shape index (κ2) is 5.12. The van der Waals surface area contributed by atoms with Crippen molar-refractivity contribution in [1.29, 1.82) is 5.26 Å². The molecule has 0 atom stereocenters. The van der Waals surface area contributed by atoms with Gasteiger partial charge in [-0.25, -0.2) is 8.78 Å². The van der Waals surface area contributed by atoms with Gasteiger partial charge >= 0.3 is 0 Å². The van der Waals surface area contributed by atoms with Crippen molar-refractivity contribution in [2.75, 3.05) is 0 Å². The minimum absolute atomic E-state index is 0.0137. The molecule has 0 saturated carbocycles. The Balaban J connectivity index is 3.19. The topological polar surface area (TPSA) is 23.8 Å². The zero-order chi connectivity index (χ0) is 11.3. The number of nitrogens with zero attached hydrogens (tertiary/aromatic N) is 1. The van der Waals surface area contributed by atoms with Crippen molar-refractivity contribution in [3.05, 3.63) is 41.3 Å². The van der Waals surface area contributed by atoms with Crippen LogP contribution in [0.25, 0.3) is 0 Å². The van der Waals surface area contributed by atoms with E-state index in [4.69, 9.17) is 5.26 Å². The molecule has 1 aromatic carbocycles. The first kappa shape index (κ1) is 11.2. The molecular formula is C12H8F2N. The lowest BCUT2D eigenvalue weighted by Crippen LogP contribution is -1.98. The Morgan fingerprint density at radius 3 is 2.73 bits per heavy atom. The van der Waals surface area contributed by atoms with Crippen LogP contribution in [0.3, 0.4) is 0 Å². The number of hydrogen-bond acceptors (Lipinski definition) is 1. The summed E-state index contributed by atoms with van der Waals surface area (Å²) < 4.78 is 26.1. The zero-order valence-corrected chi connectivity index (χ0v) is 8.14. The summed E-state index contributed by atoms with van der Waals surface area (Å²) >= 11 is 0. The van der Waals surface area contributed by atoms with Gasteiger partial charge in [0.1, 0.15) is 0 Å². The molecule has 0 spiro atoms. The van der Waals surface area contributed by atoms with Crippen molar-refractivity contribution in [3.8, 4) is 17.9 Å². The van der Waals surface area contributed by atoms with Gasteiger partial charge in [-0.15, -0.1) is 5.92 Å². The minimum Gasteiger partial charge on any atom is -0.204 e. The summed E-state index contributed by atoms with van der Waals surface area (Å²) in [6.45, 7) is 1.66. The van der Waals surface area contributed by atoms with E-state index >= 15 is 0 Å². The molecule has 0 aliphatic heterocycles. The van der Waals surface area contributed by atoms with Gasteiger partial charge in [0.25, 0.3) is 0 Å². The summed E-state index contributed by atoms with van der Waals surface area (Å²) in [6, 6.07) is 4.16. The molecule has 0 bridgehead atoms. The highest BCUT2D eigenvalue weighted by Gasteiger charge is 2.12. The smallest absolute Gasteiger partial charge is 0.163 e. The molecule has 0 aromatic heterocycles. The maximum atomic E-state index is 13.3. The maximum Gasteiger partial charge on any atom is 0.163 e. The van der Waals surface area contributed by atoms with Crippen molar-refractivity contribution in [2.24, 2.45) is 0 Å². The fourth-order valence-corrected chi connectivity index (χ4v) is 1.16. The highest BCUT2D eigenvalue weighted by molar-refractivity contribution is 5.40. The van der Waals surface area contributed by atoms with Gasteiger partial charge in [-0.05, 0) is 18.6 Å². The van der Waals surface area contributed by atoms with Gasteiger partial charge in [0.05, 0.1) is 12.5 Å². The first-order chi connectivity index (χ1) is 7.20. The van der Waals surface area contributed by atoms with Crippen molar-refractivity contribution < 1.29 is 8.78 Å². The van der Waals surface area contributed by atoms with Crippen LogP contribution in [0.2, 0.25) is 0 Å². The van der Waals surface area contributed by atoms with E-state index in [1.807, 2.05) is 0 Å². The lowest BCUT2D eigenvalue weighted by Gasteiger charge is -2.05. The lowest BCUT2D eigenvalue weighted by atomic mass is 10.0. The Morgan fingerprint density at radius 2 is 2.13 bits per heavy atom. The highest BCUT2D eigenvalue weighted by atomic mass is 19.2. The fraction of sp³-hybridized carbons (Fsp3) is 0.167. The summed E-state index contributed by atoms with van der Waals surface area (Å²) in [6.07, 6.45) is 1.30. The number of halogens is 2. The molecule has 1 radical (unpaired) electrons. The van der Waals surface area contributed by atoms with Gasteiger partial charge in [-0.1, -0.05) is 12.0 Å². The Bertz CT molecular complexity index is 461. The van der Waals surface area contributed by atoms with E-state index < -0.39 is 11.6 Å². The van der Waals surface area contributed by atoms with Crippen molar-refractivity contribution in [2.45, 2.75) is 13.3 Å². The van der Waals surface area contributed by atoms with Gasteiger partial charge in [-0.2, -0.15) is 5.26 Å². The van der Waals surface area contributed by atoms with Crippen LogP contribution in [0.15, 0.2) is 12.1 Å². The molecule has 0 aliphatic rings. The molecule has 0 amide bonds. The number of rotatable bonds is 2. The Hall–Kier alpha value is -1.87. The third kappa shape index (κ3) is 2.54. The van der Waals surface area contributed by atoms with Gasteiger partial charge in [0.2, 0.25) is 0 Å². The summed E-state index contributed by atoms with van der Waals surface area (Å²) in [5, 5.41) is 8.45. The second-order valence-electron chi connectivity index (χ2n) is 2.81. The average Bonchev–Trinajstić information content (AvgIpc) is 2.24. The van der Waals surface area contributed by atoms with Crippen LogP contribution in [0.4, 0.5) is 8.78 Å². The van der Waals surface area contributed by atoms with Crippen LogP contribution >= 0.6 is 0 Å². The van der Waals surface area contributed by atoms with Crippen molar-refractivity contribution in [1.82, 2.24) is 0 Å². The molecule has 0 N–H and O–H groups in total. The number of benzene rings is 1. The van der Waals surface area contributed by atoms with E-state index in [0.717, 1.165) is 12.5 Å². The van der Waals surface area contributed by atoms with Gasteiger partial charge < -0.3 is 0 Å². The molecule has 0 unspecified atom stereocenters. The molecule has 0 heterocycles. The van der Waals surface area contributed by atoms with E-state index in [2.05, 4.69) is 11.8 Å². The van der Waals surface area contributed by atoms with Crippen molar-refractivity contribution >= 4 is 0 Å². The lowest BCUT2D eigenvalue weighted by molar-refractivity contribution is 0.503. The normalized spacial score (nSPS) is 8.93. The quantitative estimate of drug-likeness (QED) is 0.679. The van der Waals surface area contributed by atoms with E-state index in [1.54, 1.807) is 13.0 Å². The summed E-state index contributed by atoms with van der Waals surface area (Å²) in [4.78, 5) is 0. The van der Waals surface area contributed by atoms with Crippen LogP contribution in [-0.2, 0) is 6.42 Å². The molecule has 1 nitrogen and oxygen atoms in total. The van der Waals surface area contributed by atoms with Gasteiger partial charge in [0.15, 0.2) is 11.6 Å². The van der Waals surface area contributed by atoms with Crippen LogP contribution in [0, 0.1) is 41.2 Å². The van der Waals surface area contributed by atoms with E-state index in [1.165, 1.54) is 6.07 Å².